The number of hydrazone groups is 1. The van der Waals surface area contributed by atoms with Crippen LogP contribution in [0.4, 0.5) is 5.69 Å². The van der Waals surface area contributed by atoms with E-state index in [1.54, 1.807) is 22.6 Å². The summed E-state index contributed by atoms with van der Waals surface area (Å²) in [6, 6.07) is 9.82. The summed E-state index contributed by atoms with van der Waals surface area (Å²) >= 11 is 1.56. The number of aromatic nitrogens is 1. The second-order valence-corrected chi connectivity index (χ2v) is 7.46. The largest absolute Gasteiger partial charge is 0.748 e. The molecule has 124 valence electrons. The van der Waals surface area contributed by atoms with Crippen LogP contribution in [0, 0.1) is 0 Å². The summed E-state index contributed by atoms with van der Waals surface area (Å²) < 4.78 is 33.8. The van der Waals surface area contributed by atoms with Crippen molar-refractivity contribution < 1.29 is 17.5 Å². The van der Waals surface area contributed by atoms with E-state index in [2.05, 4.69) is 5.10 Å². The number of para-hydroxylation sites is 1. The van der Waals surface area contributed by atoms with Gasteiger partial charge in [-0.2, -0.15) is 9.67 Å². The summed E-state index contributed by atoms with van der Waals surface area (Å²) in [6.45, 7) is 0.662. The lowest BCUT2D eigenvalue weighted by Crippen LogP contribution is -2.35. The molecule has 0 aliphatic rings. The topological polar surface area (TPSA) is 76.7 Å². The zero-order valence-corrected chi connectivity index (χ0v) is 14.5. The number of hydrogen-bond acceptors (Lipinski definition) is 6. The number of hydrogen-bond donors (Lipinski definition) is 0. The van der Waals surface area contributed by atoms with E-state index in [1.165, 1.54) is 0 Å². The molecule has 6 nitrogen and oxygen atoms in total. The van der Waals surface area contributed by atoms with E-state index in [0.717, 1.165) is 10.7 Å². The fraction of sp³-hybridized carbons (Fsp3) is 0.333. The van der Waals surface area contributed by atoms with Gasteiger partial charge in [-0.15, -0.1) is 0 Å². The highest BCUT2D eigenvalue weighted by Crippen LogP contribution is 2.11. The van der Waals surface area contributed by atoms with Gasteiger partial charge in [0.15, 0.2) is 6.20 Å². The molecule has 23 heavy (non-hydrogen) atoms. The van der Waals surface area contributed by atoms with Crippen LogP contribution in [0.5, 0.6) is 0 Å². The van der Waals surface area contributed by atoms with E-state index in [-0.39, 0.29) is 5.75 Å². The van der Waals surface area contributed by atoms with Gasteiger partial charge in [0, 0.05) is 19.2 Å². The van der Waals surface area contributed by atoms with Crippen LogP contribution in [0.25, 0.3) is 0 Å². The number of aryl methyl sites for hydroxylation is 1. The Labute approximate surface area is 140 Å². The van der Waals surface area contributed by atoms with Crippen molar-refractivity contribution in [3.05, 3.63) is 46.9 Å². The first kappa shape index (κ1) is 17.6. The van der Waals surface area contributed by atoms with Crippen molar-refractivity contribution in [2.45, 2.75) is 19.4 Å². The highest BCUT2D eigenvalue weighted by atomic mass is 32.2. The third-order valence-electron chi connectivity index (χ3n) is 3.23. The lowest BCUT2D eigenvalue weighted by Gasteiger charge is -2.11. The molecule has 1 heterocycles. The minimum atomic E-state index is -4.12. The van der Waals surface area contributed by atoms with Gasteiger partial charge in [-0.1, -0.05) is 29.5 Å². The van der Waals surface area contributed by atoms with Crippen molar-refractivity contribution >= 4 is 33.4 Å². The molecule has 0 radical (unpaired) electrons. The Morgan fingerprint density at radius 2 is 2.04 bits per heavy atom. The average Bonchev–Trinajstić information content (AvgIpc) is 2.96. The van der Waals surface area contributed by atoms with Crippen LogP contribution >= 0.6 is 11.3 Å². The molecule has 2 rings (SSSR count). The molecule has 0 unspecified atom stereocenters. The summed E-state index contributed by atoms with van der Waals surface area (Å²) in [5.74, 6) is -0.308. The van der Waals surface area contributed by atoms with Crippen LogP contribution in [0.15, 0.2) is 47.0 Å². The third kappa shape index (κ3) is 6.09. The summed E-state index contributed by atoms with van der Waals surface area (Å²) in [4.78, 5) is 0. The van der Waals surface area contributed by atoms with Gasteiger partial charge in [-0.3, -0.25) is 5.01 Å². The maximum absolute atomic E-state index is 10.6. The van der Waals surface area contributed by atoms with Crippen molar-refractivity contribution in [1.82, 2.24) is 0 Å². The van der Waals surface area contributed by atoms with Crippen molar-refractivity contribution in [2.75, 3.05) is 17.8 Å². The molecule has 2 aromatic rings. The molecule has 0 saturated heterocycles. The fourth-order valence-electron chi connectivity index (χ4n) is 2.01. The van der Waals surface area contributed by atoms with Gasteiger partial charge in [0.2, 0.25) is 0 Å². The summed E-state index contributed by atoms with van der Waals surface area (Å²) in [7, 11) is -2.24. The summed E-state index contributed by atoms with van der Waals surface area (Å²) in [5, 5.41) is 9.13. The Morgan fingerprint density at radius 3 is 2.74 bits per heavy atom. The van der Waals surface area contributed by atoms with E-state index in [1.807, 2.05) is 53.5 Å². The molecule has 1 aromatic carbocycles. The van der Waals surface area contributed by atoms with Gasteiger partial charge in [0.05, 0.1) is 21.2 Å². The molecular weight excluding hydrogens is 334 g/mol. The normalized spacial score (nSPS) is 11.9. The molecule has 0 amide bonds. The monoisotopic (exact) mass is 353 g/mol. The Hall–Kier alpha value is -1.77. The minimum Gasteiger partial charge on any atom is -0.748 e. The SMILES string of the molecule is CN(N=Cc1scc[n+]1CCCCS(=O)(=O)[O-])c1ccccc1. The molecule has 0 aliphatic heterocycles. The minimum absolute atomic E-state index is 0.308. The average molecular weight is 353 g/mol. The molecule has 0 aliphatic carbocycles. The van der Waals surface area contributed by atoms with E-state index >= 15 is 0 Å². The van der Waals surface area contributed by atoms with Crippen LogP contribution in [0.2, 0.25) is 0 Å². The molecule has 0 N–H and O–H groups in total. The number of unbranched alkanes of at least 4 members (excludes halogenated alkanes) is 1. The molecule has 0 saturated carbocycles. The zero-order valence-electron chi connectivity index (χ0n) is 12.8. The van der Waals surface area contributed by atoms with Gasteiger partial charge < -0.3 is 4.55 Å². The second-order valence-electron chi connectivity index (χ2n) is 5.01. The van der Waals surface area contributed by atoms with Gasteiger partial charge in [-0.05, 0) is 18.6 Å². The maximum Gasteiger partial charge on any atom is 0.282 e. The highest BCUT2D eigenvalue weighted by molar-refractivity contribution is 7.85. The van der Waals surface area contributed by atoms with Crippen LogP contribution in [0.1, 0.15) is 17.8 Å². The fourth-order valence-corrected chi connectivity index (χ4v) is 3.31. The Kier molecular flexibility index (Phi) is 6.26. The lowest BCUT2D eigenvalue weighted by atomic mass is 10.3. The Morgan fingerprint density at radius 1 is 1.30 bits per heavy atom. The van der Waals surface area contributed by atoms with Crippen LogP contribution in [-0.4, -0.2) is 32.0 Å². The van der Waals surface area contributed by atoms with Gasteiger partial charge in [0.25, 0.3) is 5.01 Å². The predicted molar refractivity (Wildman–Crippen MR) is 90.8 cm³/mol. The van der Waals surface area contributed by atoms with E-state index < -0.39 is 10.1 Å². The Balaban J connectivity index is 1.91. The number of rotatable bonds is 8. The smallest absolute Gasteiger partial charge is 0.282 e. The number of benzene rings is 1. The second kappa shape index (κ2) is 8.19. The molecule has 0 fully saturated rings. The number of nitrogens with zero attached hydrogens (tertiary/aromatic N) is 3. The van der Waals surface area contributed by atoms with Crippen molar-refractivity contribution in [3.63, 3.8) is 0 Å². The van der Waals surface area contributed by atoms with E-state index in [4.69, 9.17) is 0 Å². The first-order chi connectivity index (χ1) is 11.0. The molecule has 8 heteroatoms. The van der Waals surface area contributed by atoms with Crippen molar-refractivity contribution in [1.29, 1.82) is 0 Å². The van der Waals surface area contributed by atoms with Gasteiger partial charge in [0.1, 0.15) is 12.8 Å². The standard InChI is InChI=1S/C15H19N3O3S2/c1-17(14-7-3-2-4-8-14)16-13-15-18(10-11-22-15)9-5-6-12-23(19,20)21/h2-4,7-8,10-11,13H,5-6,9,12H2,1H3. The lowest BCUT2D eigenvalue weighted by molar-refractivity contribution is -0.693. The summed E-state index contributed by atoms with van der Waals surface area (Å²) in [5.41, 5.74) is 0.993. The first-order valence-electron chi connectivity index (χ1n) is 7.19. The van der Waals surface area contributed by atoms with E-state index in [0.29, 0.717) is 19.4 Å². The van der Waals surface area contributed by atoms with Crippen molar-refractivity contribution in [2.24, 2.45) is 5.10 Å². The highest BCUT2D eigenvalue weighted by Gasteiger charge is 2.10. The molecule has 0 spiro atoms. The van der Waals surface area contributed by atoms with Crippen LogP contribution in [0.3, 0.4) is 0 Å². The quantitative estimate of drug-likeness (QED) is 0.238. The molecular formula is C15H19N3O3S2. The number of anilines is 1. The predicted octanol–water partition coefficient (Wildman–Crippen LogP) is 1.83. The molecule has 0 bridgehead atoms. The van der Waals surface area contributed by atoms with Crippen LogP contribution < -0.4 is 9.58 Å². The van der Waals surface area contributed by atoms with Gasteiger partial charge >= 0.3 is 0 Å². The first-order valence-corrected chi connectivity index (χ1v) is 9.65. The van der Waals surface area contributed by atoms with E-state index in [9.17, 15) is 13.0 Å². The van der Waals surface area contributed by atoms with Crippen molar-refractivity contribution in [3.8, 4) is 0 Å². The molecule has 0 atom stereocenters. The Bertz CT molecular complexity index is 742. The third-order valence-corrected chi connectivity index (χ3v) is 4.86. The maximum atomic E-state index is 10.6. The number of thiazole rings is 1. The van der Waals surface area contributed by atoms with Crippen LogP contribution in [-0.2, 0) is 16.7 Å². The zero-order chi connectivity index (χ0) is 16.7. The van der Waals surface area contributed by atoms with Gasteiger partial charge in [-0.25, -0.2) is 8.42 Å². The molecule has 1 aromatic heterocycles. The summed E-state index contributed by atoms with van der Waals surface area (Å²) in [6.07, 6.45) is 4.72.